The van der Waals surface area contributed by atoms with Gasteiger partial charge in [-0.1, -0.05) is 11.6 Å². The molecule has 1 rings (SSSR count). The normalized spacial score (nSPS) is 9.69. The van der Waals surface area contributed by atoms with E-state index in [9.17, 15) is 10.0 Å². The lowest BCUT2D eigenvalue weighted by atomic mass is 10.2. The maximum Gasteiger partial charge on any atom is 0.120 e. The molecule has 0 fully saturated rings. The van der Waals surface area contributed by atoms with E-state index in [4.69, 9.17) is 11.6 Å². The Morgan fingerprint density at radius 3 is 2.92 bits per heavy atom. The third-order valence-electron chi connectivity index (χ3n) is 1.58. The van der Waals surface area contributed by atoms with Gasteiger partial charge in [-0.15, -0.1) is 4.91 Å². The van der Waals surface area contributed by atoms with E-state index in [0.717, 1.165) is 0 Å². The summed E-state index contributed by atoms with van der Waals surface area (Å²) in [4.78, 5) is 10.1. The van der Waals surface area contributed by atoms with Crippen LogP contribution < -0.4 is 0 Å². The van der Waals surface area contributed by atoms with Gasteiger partial charge in [0.2, 0.25) is 0 Å². The second kappa shape index (κ2) is 4.09. The SMILES string of the molecule is CN(Cc1cc(Cl)ccc1O)N=O. The average molecular weight is 201 g/mol. The monoisotopic (exact) mass is 200 g/mol. The molecule has 5 heteroatoms. The van der Waals surface area contributed by atoms with E-state index in [-0.39, 0.29) is 12.3 Å². The van der Waals surface area contributed by atoms with Crippen molar-refractivity contribution in [3.63, 3.8) is 0 Å². The largest absolute Gasteiger partial charge is 0.508 e. The molecule has 0 radical (unpaired) electrons. The fraction of sp³-hybridized carbons (Fsp3) is 0.250. The first-order valence-electron chi connectivity index (χ1n) is 3.65. The molecule has 4 nitrogen and oxygen atoms in total. The van der Waals surface area contributed by atoms with Crippen molar-refractivity contribution in [2.45, 2.75) is 6.54 Å². The Morgan fingerprint density at radius 1 is 1.62 bits per heavy atom. The number of hydrogen-bond acceptors (Lipinski definition) is 3. The van der Waals surface area contributed by atoms with Crippen molar-refractivity contribution >= 4 is 11.6 Å². The topological polar surface area (TPSA) is 52.9 Å². The summed E-state index contributed by atoms with van der Waals surface area (Å²) < 4.78 is 0. The van der Waals surface area contributed by atoms with E-state index >= 15 is 0 Å². The number of phenolic OH excluding ortho intramolecular Hbond substituents is 1. The number of halogens is 1. The first kappa shape index (κ1) is 9.80. The highest BCUT2D eigenvalue weighted by Gasteiger charge is 2.04. The van der Waals surface area contributed by atoms with Crippen molar-refractivity contribution in [2.24, 2.45) is 5.29 Å². The molecule has 0 atom stereocenters. The molecule has 0 saturated heterocycles. The number of rotatable bonds is 3. The minimum absolute atomic E-state index is 0.111. The summed E-state index contributed by atoms with van der Waals surface area (Å²) >= 11 is 5.71. The van der Waals surface area contributed by atoms with Crippen LogP contribution in [0.1, 0.15) is 5.56 Å². The minimum Gasteiger partial charge on any atom is -0.508 e. The highest BCUT2D eigenvalue weighted by molar-refractivity contribution is 6.30. The van der Waals surface area contributed by atoms with Crippen LogP contribution in [0.25, 0.3) is 0 Å². The zero-order valence-electron chi connectivity index (χ0n) is 7.07. The highest BCUT2D eigenvalue weighted by Crippen LogP contribution is 2.22. The van der Waals surface area contributed by atoms with Gasteiger partial charge >= 0.3 is 0 Å². The van der Waals surface area contributed by atoms with Crippen molar-refractivity contribution in [3.8, 4) is 5.75 Å². The van der Waals surface area contributed by atoms with Crippen molar-refractivity contribution in [2.75, 3.05) is 7.05 Å². The molecule has 13 heavy (non-hydrogen) atoms. The molecule has 0 aromatic heterocycles. The Balaban J connectivity index is 2.86. The Kier molecular flexibility index (Phi) is 3.08. The maximum absolute atomic E-state index is 10.1. The van der Waals surface area contributed by atoms with Crippen molar-refractivity contribution in [1.29, 1.82) is 0 Å². The van der Waals surface area contributed by atoms with Gasteiger partial charge in [0, 0.05) is 17.6 Å². The Labute approximate surface area is 80.7 Å². The van der Waals surface area contributed by atoms with Gasteiger partial charge in [0.25, 0.3) is 0 Å². The van der Waals surface area contributed by atoms with Crippen LogP contribution in [0.15, 0.2) is 23.5 Å². The fourth-order valence-electron chi connectivity index (χ4n) is 0.956. The maximum atomic E-state index is 10.1. The van der Waals surface area contributed by atoms with Crippen LogP contribution in [0, 0.1) is 4.91 Å². The predicted octanol–water partition coefficient (Wildman–Crippen LogP) is 2.16. The van der Waals surface area contributed by atoms with Crippen LogP contribution in [0.3, 0.4) is 0 Å². The number of benzene rings is 1. The van der Waals surface area contributed by atoms with Gasteiger partial charge in [-0.05, 0) is 18.2 Å². The standard InChI is InChI=1S/C8H9ClN2O2/c1-11(10-13)5-6-4-7(9)2-3-8(6)12/h2-4,12H,5H2,1H3. The summed E-state index contributed by atoms with van der Waals surface area (Å²) in [5.41, 5.74) is 0.578. The lowest BCUT2D eigenvalue weighted by Crippen LogP contribution is -2.09. The number of aromatic hydroxyl groups is 1. The molecule has 0 unspecified atom stereocenters. The van der Waals surface area contributed by atoms with Gasteiger partial charge in [-0.25, -0.2) is 0 Å². The van der Waals surface area contributed by atoms with Gasteiger partial charge in [-0.3, -0.25) is 5.01 Å². The van der Waals surface area contributed by atoms with Crippen LogP contribution in [0.4, 0.5) is 0 Å². The van der Waals surface area contributed by atoms with Crippen molar-refractivity contribution in [1.82, 2.24) is 5.01 Å². The summed E-state index contributed by atoms with van der Waals surface area (Å²) in [7, 11) is 1.52. The molecule has 0 aliphatic carbocycles. The fourth-order valence-corrected chi connectivity index (χ4v) is 1.15. The van der Waals surface area contributed by atoms with Gasteiger partial charge in [0.05, 0.1) is 11.8 Å². The Bertz CT molecular complexity index is 317. The molecule has 0 aliphatic rings. The molecule has 1 N–H and O–H groups in total. The summed E-state index contributed by atoms with van der Waals surface area (Å²) in [6.07, 6.45) is 0. The van der Waals surface area contributed by atoms with Gasteiger partial charge in [0.15, 0.2) is 0 Å². The van der Waals surface area contributed by atoms with E-state index in [1.807, 2.05) is 0 Å². The molecule has 0 spiro atoms. The third kappa shape index (κ3) is 2.59. The predicted molar refractivity (Wildman–Crippen MR) is 50.4 cm³/mol. The van der Waals surface area contributed by atoms with E-state index in [2.05, 4.69) is 5.29 Å². The van der Waals surface area contributed by atoms with Crippen molar-refractivity contribution in [3.05, 3.63) is 33.7 Å². The van der Waals surface area contributed by atoms with Gasteiger partial charge in [0.1, 0.15) is 5.75 Å². The average Bonchev–Trinajstić information content (AvgIpc) is 2.11. The molecular weight excluding hydrogens is 192 g/mol. The van der Waals surface area contributed by atoms with E-state index in [1.54, 1.807) is 12.1 Å². The molecular formula is C8H9ClN2O2. The lowest BCUT2D eigenvalue weighted by Gasteiger charge is -2.09. The second-order valence-corrected chi connectivity index (χ2v) is 3.11. The summed E-state index contributed by atoms with van der Waals surface area (Å²) in [5, 5.41) is 13.7. The molecule has 70 valence electrons. The van der Waals surface area contributed by atoms with E-state index in [0.29, 0.717) is 10.6 Å². The molecule has 0 aliphatic heterocycles. The van der Waals surface area contributed by atoms with Crippen LogP contribution in [0.5, 0.6) is 5.75 Å². The summed E-state index contributed by atoms with van der Waals surface area (Å²) in [5.74, 6) is 0.111. The van der Waals surface area contributed by atoms with Crippen LogP contribution in [0.2, 0.25) is 5.02 Å². The quantitative estimate of drug-likeness (QED) is 0.601. The van der Waals surface area contributed by atoms with E-state index < -0.39 is 0 Å². The minimum atomic E-state index is 0.111. The number of nitrogens with zero attached hydrogens (tertiary/aromatic N) is 2. The smallest absolute Gasteiger partial charge is 0.120 e. The highest BCUT2D eigenvalue weighted by atomic mass is 35.5. The Hall–Kier alpha value is -1.29. The molecule has 0 heterocycles. The molecule has 0 bridgehead atoms. The lowest BCUT2D eigenvalue weighted by molar-refractivity contribution is 0.333. The number of hydrogen-bond donors (Lipinski definition) is 1. The molecule has 1 aromatic carbocycles. The van der Waals surface area contributed by atoms with Crippen LogP contribution in [-0.2, 0) is 6.54 Å². The molecule has 0 saturated carbocycles. The van der Waals surface area contributed by atoms with Gasteiger partial charge < -0.3 is 5.11 Å². The van der Waals surface area contributed by atoms with E-state index in [1.165, 1.54) is 18.1 Å². The summed E-state index contributed by atoms with van der Waals surface area (Å²) in [6, 6.07) is 4.66. The number of phenols is 1. The molecule has 0 amide bonds. The molecule has 1 aromatic rings. The second-order valence-electron chi connectivity index (χ2n) is 2.67. The van der Waals surface area contributed by atoms with Gasteiger partial charge in [-0.2, -0.15) is 0 Å². The zero-order chi connectivity index (χ0) is 9.84. The van der Waals surface area contributed by atoms with Crippen LogP contribution in [-0.4, -0.2) is 17.2 Å². The first-order chi connectivity index (χ1) is 6.13. The zero-order valence-corrected chi connectivity index (χ0v) is 7.82. The first-order valence-corrected chi connectivity index (χ1v) is 4.03. The third-order valence-corrected chi connectivity index (χ3v) is 1.82. The van der Waals surface area contributed by atoms with Crippen molar-refractivity contribution < 1.29 is 5.11 Å². The number of nitroso groups, excluding NO2 is 1. The summed E-state index contributed by atoms with van der Waals surface area (Å²) in [6.45, 7) is 0.246. The Morgan fingerprint density at radius 2 is 2.31 bits per heavy atom. The van der Waals surface area contributed by atoms with Crippen LogP contribution >= 0.6 is 11.6 Å².